The Morgan fingerprint density at radius 1 is 1.26 bits per heavy atom. The first-order valence-electron chi connectivity index (χ1n) is 8.11. The van der Waals surface area contributed by atoms with Crippen LogP contribution in [0.5, 0.6) is 0 Å². The van der Waals surface area contributed by atoms with E-state index in [1.165, 1.54) is 34.5 Å². The van der Waals surface area contributed by atoms with E-state index in [0.717, 1.165) is 25.3 Å². The molecule has 1 fully saturated rings. The average Bonchev–Trinajstić information content (AvgIpc) is 3.13. The van der Waals surface area contributed by atoms with E-state index in [2.05, 4.69) is 27.9 Å². The lowest BCUT2D eigenvalue weighted by atomic mass is 9.92. The zero-order valence-corrected chi connectivity index (χ0v) is 14.4. The molecule has 1 aliphatic rings. The van der Waals surface area contributed by atoms with Gasteiger partial charge in [-0.1, -0.05) is 0 Å². The molecular formula is C17H21N5S. The molecule has 0 aromatic carbocycles. The number of thiazole rings is 1. The van der Waals surface area contributed by atoms with Gasteiger partial charge in [-0.3, -0.25) is 9.58 Å². The van der Waals surface area contributed by atoms with Gasteiger partial charge in [-0.05, 0) is 45.0 Å². The van der Waals surface area contributed by atoms with E-state index in [9.17, 15) is 0 Å². The Bertz CT molecular complexity index is 813. The molecule has 23 heavy (non-hydrogen) atoms. The highest BCUT2D eigenvalue weighted by Crippen LogP contribution is 2.32. The first kappa shape index (κ1) is 14.8. The molecule has 4 heterocycles. The maximum absolute atomic E-state index is 4.76. The van der Waals surface area contributed by atoms with E-state index in [1.807, 2.05) is 29.5 Å². The van der Waals surface area contributed by atoms with Crippen molar-refractivity contribution >= 4 is 22.4 Å². The van der Waals surface area contributed by atoms with Gasteiger partial charge in [0.25, 0.3) is 0 Å². The SMILES string of the molecule is Cc1ncsc1CN1CCC(c2nn(C)c3ncccc23)CC1. The van der Waals surface area contributed by atoms with Gasteiger partial charge < -0.3 is 0 Å². The number of aromatic nitrogens is 4. The van der Waals surface area contributed by atoms with Crippen molar-refractivity contribution in [1.29, 1.82) is 0 Å². The van der Waals surface area contributed by atoms with Crippen molar-refractivity contribution < 1.29 is 0 Å². The third kappa shape index (κ3) is 2.77. The van der Waals surface area contributed by atoms with Crippen LogP contribution in [0.25, 0.3) is 11.0 Å². The van der Waals surface area contributed by atoms with Crippen LogP contribution in [-0.4, -0.2) is 37.7 Å². The topological polar surface area (TPSA) is 46.8 Å². The summed E-state index contributed by atoms with van der Waals surface area (Å²) in [6.45, 7) is 5.39. The van der Waals surface area contributed by atoms with Gasteiger partial charge >= 0.3 is 0 Å². The van der Waals surface area contributed by atoms with Gasteiger partial charge in [-0.15, -0.1) is 11.3 Å². The molecule has 6 heteroatoms. The molecule has 0 N–H and O–H groups in total. The summed E-state index contributed by atoms with van der Waals surface area (Å²) in [6.07, 6.45) is 4.17. The first-order valence-corrected chi connectivity index (χ1v) is 8.99. The number of fused-ring (bicyclic) bond motifs is 1. The average molecular weight is 327 g/mol. The van der Waals surface area contributed by atoms with Crippen LogP contribution < -0.4 is 0 Å². The summed E-state index contributed by atoms with van der Waals surface area (Å²) < 4.78 is 1.91. The normalized spacial score (nSPS) is 17.1. The molecule has 1 aliphatic heterocycles. The molecule has 0 atom stereocenters. The summed E-state index contributed by atoms with van der Waals surface area (Å²) in [5.74, 6) is 0.543. The third-order valence-electron chi connectivity index (χ3n) is 4.81. The van der Waals surface area contributed by atoms with Crippen molar-refractivity contribution in [2.24, 2.45) is 7.05 Å². The largest absolute Gasteiger partial charge is 0.298 e. The van der Waals surface area contributed by atoms with Crippen molar-refractivity contribution in [2.45, 2.75) is 32.2 Å². The van der Waals surface area contributed by atoms with E-state index < -0.39 is 0 Å². The Hall–Kier alpha value is -1.79. The number of aryl methyl sites for hydroxylation is 2. The summed E-state index contributed by atoms with van der Waals surface area (Å²) in [7, 11) is 1.99. The molecule has 0 amide bonds. The van der Waals surface area contributed by atoms with Crippen molar-refractivity contribution in [1.82, 2.24) is 24.6 Å². The van der Waals surface area contributed by atoms with Crippen molar-refractivity contribution in [3.8, 4) is 0 Å². The van der Waals surface area contributed by atoms with E-state index >= 15 is 0 Å². The predicted molar refractivity (Wildman–Crippen MR) is 92.6 cm³/mol. The van der Waals surface area contributed by atoms with Crippen molar-refractivity contribution in [3.63, 3.8) is 0 Å². The zero-order valence-electron chi connectivity index (χ0n) is 13.6. The molecule has 3 aromatic rings. The second-order valence-electron chi connectivity index (χ2n) is 6.29. The van der Waals surface area contributed by atoms with E-state index in [-0.39, 0.29) is 0 Å². The van der Waals surface area contributed by atoms with E-state index in [4.69, 9.17) is 5.10 Å². The molecule has 0 unspecified atom stereocenters. The fourth-order valence-electron chi connectivity index (χ4n) is 3.46. The van der Waals surface area contributed by atoms with Gasteiger partial charge in [-0.25, -0.2) is 9.97 Å². The first-order chi connectivity index (χ1) is 11.2. The monoisotopic (exact) mass is 327 g/mol. The predicted octanol–water partition coefficient (Wildman–Crippen LogP) is 3.11. The molecule has 0 radical (unpaired) electrons. The number of rotatable bonds is 3. The van der Waals surface area contributed by atoms with Crippen molar-refractivity contribution in [2.75, 3.05) is 13.1 Å². The lowest BCUT2D eigenvalue weighted by Crippen LogP contribution is -2.32. The molecule has 0 bridgehead atoms. The van der Waals surface area contributed by atoms with Gasteiger partial charge in [0.15, 0.2) is 5.65 Å². The Labute approximate surface area is 140 Å². The van der Waals surface area contributed by atoms with Crippen LogP contribution >= 0.6 is 11.3 Å². The van der Waals surface area contributed by atoms with Crippen LogP contribution in [0.2, 0.25) is 0 Å². The highest BCUT2D eigenvalue weighted by atomic mass is 32.1. The quantitative estimate of drug-likeness (QED) is 0.741. The lowest BCUT2D eigenvalue weighted by Gasteiger charge is -2.31. The highest BCUT2D eigenvalue weighted by molar-refractivity contribution is 7.09. The fraction of sp³-hybridized carbons (Fsp3) is 0.471. The molecule has 3 aromatic heterocycles. The second-order valence-corrected chi connectivity index (χ2v) is 7.23. The van der Waals surface area contributed by atoms with Gasteiger partial charge in [0, 0.05) is 36.0 Å². The Kier molecular flexibility index (Phi) is 3.87. The molecule has 1 saturated heterocycles. The molecule has 0 spiro atoms. The molecular weight excluding hydrogens is 306 g/mol. The summed E-state index contributed by atoms with van der Waals surface area (Å²) in [4.78, 5) is 12.8. The number of hydrogen-bond donors (Lipinski definition) is 0. The smallest absolute Gasteiger partial charge is 0.157 e. The van der Waals surface area contributed by atoms with E-state index in [1.54, 1.807) is 11.3 Å². The van der Waals surface area contributed by atoms with Gasteiger partial charge in [-0.2, -0.15) is 5.10 Å². The molecule has 4 rings (SSSR count). The van der Waals surface area contributed by atoms with Crippen LogP contribution in [-0.2, 0) is 13.6 Å². The number of hydrogen-bond acceptors (Lipinski definition) is 5. The van der Waals surface area contributed by atoms with Crippen LogP contribution in [0.3, 0.4) is 0 Å². The second kappa shape index (κ2) is 6.02. The Morgan fingerprint density at radius 2 is 2.09 bits per heavy atom. The van der Waals surface area contributed by atoms with Crippen LogP contribution in [0, 0.1) is 6.92 Å². The van der Waals surface area contributed by atoms with Crippen LogP contribution in [0.1, 0.15) is 35.0 Å². The maximum Gasteiger partial charge on any atom is 0.157 e. The van der Waals surface area contributed by atoms with E-state index in [0.29, 0.717) is 5.92 Å². The Balaban J connectivity index is 1.48. The maximum atomic E-state index is 4.76. The zero-order chi connectivity index (χ0) is 15.8. The number of piperidine rings is 1. The standard InChI is InChI=1S/C17H21N5S/c1-12-15(23-11-19-12)10-22-8-5-13(6-9-22)16-14-4-3-7-18-17(14)21(2)20-16/h3-4,7,11,13H,5-6,8-10H2,1-2H3. The molecule has 5 nitrogen and oxygen atoms in total. The highest BCUT2D eigenvalue weighted by Gasteiger charge is 2.25. The van der Waals surface area contributed by atoms with Gasteiger partial charge in [0.1, 0.15) is 0 Å². The van der Waals surface area contributed by atoms with Crippen molar-refractivity contribution in [3.05, 3.63) is 40.1 Å². The van der Waals surface area contributed by atoms with Crippen LogP contribution in [0.4, 0.5) is 0 Å². The third-order valence-corrected chi connectivity index (χ3v) is 5.73. The van der Waals surface area contributed by atoms with Gasteiger partial charge in [0.2, 0.25) is 0 Å². The Morgan fingerprint density at radius 3 is 2.83 bits per heavy atom. The summed E-state index contributed by atoms with van der Waals surface area (Å²) in [5.41, 5.74) is 5.35. The summed E-state index contributed by atoms with van der Waals surface area (Å²) >= 11 is 1.77. The molecule has 0 saturated carbocycles. The molecule has 120 valence electrons. The number of pyridine rings is 1. The minimum atomic E-state index is 0.543. The number of likely N-dealkylation sites (tertiary alicyclic amines) is 1. The minimum Gasteiger partial charge on any atom is -0.298 e. The summed E-state index contributed by atoms with van der Waals surface area (Å²) in [6, 6.07) is 4.16. The molecule has 0 aliphatic carbocycles. The fourth-order valence-corrected chi connectivity index (χ4v) is 4.28. The number of nitrogens with zero attached hydrogens (tertiary/aromatic N) is 5. The summed E-state index contributed by atoms with van der Waals surface area (Å²) in [5, 5.41) is 5.97. The lowest BCUT2D eigenvalue weighted by molar-refractivity contribution is 0.204. The van der Waals surface area contributed by atoms with Crippen LogP contribution in [0.15, 0.2) is 23.8 Å². The van der Waals surface area contributed by atoms with Gasteiger partial charge in [0.05, 0.1) is 16.9 Å². The minimum absolute atomic E-state index is 0.543.